The van der Waals surface area contributed by atoms with Gasteiger partial charge in [-0.2, -0.15) is 11.8 Å². The first kappa shape index (κ1) is 12.3. The molecule has 2 unspecified atom stereocenters. The maximum atomic E-state index is 8.69. The van der Waals surface area contributed by atoms with Crippen LogP contribution in [0.3, 0.4) is 0 Å². The summed E-state index contributed by atoms with van der Waals surface area (Å²) in [6.45, 7) is 7.07. The fraction of sp³-hybridized carbons (Fsp3) is 1.00. The maximum absolute atomic E-state index is 8.69. The van der Waals surface area contributed by atoms with Crippen LogP contribution in [0.2, 0.25) is 0 Å². The van der Waals surface area contributed by atoms with Crippen LogP contribution in [0.5, 0.6) is 0 Å². The molecule has 0 spiro atoms. The Kier molecular flexibility index (Phi) is 8.14. The van der Waals surface area contributed by atoms with Crippen LogP contribution in [-0.4, -0.2) is 22.7 Å². The third-order valence-electron chi connectivity index (χ3n) is 1.98. The molecule has 0 rings (SSSR count). The van der Waals surface area contributed by atoms with E-state index < -0.39 is 0 Å². The highest BCUT2D eigenvalue weighted by Gasteiger charge is 2.05. The van der Waals surface area contributed by atoms with E-state index >= 15 is 0 Å². The lowest BCUT2D eigenvalue weighted by Gasteiger charge is -2.13. The van der Waals surface area contributed by atoms with Crippen molar-refractivity contribution in [1.29, 1.82) is 0 Å². The summed E-state index contributed by atoms with van der Waals surface area (Å²) in [5, 5.41) is 9.31. The smallest absolute Gasteiger partial charge is 0.0441 e. The Morgan fingerprint density at radius 1 is 1.25 bits per heavy atom. The van der Waals surface area contributed by atoms with Gasteiger partial charge in [0.05, 0.1) is 0 Å². The van der Waals surface area contributed by atoms with Crippen LogP contribution < -0.4 is 0 Å². The number of hydrogen-bond acceptors (Lipinski definition) is 2. The summed E-state index contributed by atoms with van der Waals surface area (Å²) in [6.07, 6.45) is 3.55. The van der Waals surface area contributed by atoms with Crippen LogP contribution >= 0.6 is 11.8 Å². The van der Waals surface area contributed by atoms with Gasteiger partial charge in [0.2, 0.25) is 0 Å². The van der Waals surface area contributed by atoms with Crippen LogP contribution in [0.25, 0.3) is 0 Å². The first-order chi connectivity index (χ1) is 5.70. The highest BCUT2D eigenvalue weighted by molar-refractivity contribution is 7.99. The Labute approximate surface area is 80.9 Å². The molecule has 1 nitrogen and oxygen atoms in total. The Hall–Kier alpha value is 0.310. The van der Waals surface area contributed by atoms with Crippen LogP contribution in [0.4, 0.5) is 0 Å². The second kappa shape index (κ2) is 7.93. The van der Waals surface area contributed by atoms with E-state index in [1.807, 2.05) is 11.8 Å². The lowest BCUT2D eigenvalue weighted by molar-refractivity contribution is 0.289. The molecule has 0 aromatic carbocycles. The minimum absolute atomic E-state index is 0.330. The van der Waals surface area contributed by atoms with E-state index in [1.54, 1.807) is 0 Å². The predicted molar refractivity (Wildman–Crippen MR) is 57.7 cm³/mol. The van der Waals surface area contributed by atoms with Crippen molar-refractivity contribution in [2.75, 3.05) is 12.4 Å². The van der Waals surface area contributed by atoms with Gasteiger partial charge >= 0.3 is 0 Å². The highest BCUT2D eigenvalue weighted by atomic mass is 32.2. The zero-order valence-electron chi connectivity index (χ0n) is 8.55. The second-order valence-electron chi connectivity index (χ2n) is 3.55. The Morgan fingerprint density at radius 3 is 2.42 bits per heavy atom. The van der Waals surface area contributed by atoms with Crippen LogP contribution in [-0.2, 0) is 0 Å². The molecule has 1 N–H and O–H groups in total. The maximum Gasteiger partial charge on any atom is 0.0441 e. The van der Waals surface area contributed by atoms with E-state index in [0.717, 1.165) is 12.3 Å². The molecule has 2 heteroatoms. The molecule has 0 aliphatic rings. The molecule has 0 bridgehead atoms. The molecule has 2 atom stereocenters. The number of thioether (sulfide) groups is 1. The monoisotopic (exact) mass is 190 g/mol. The number of rotatable bonds is 7. The van der Waals surface area contributed by atoms with Crippen molar-refractivity contribution < 1.29 is 5.11 Å². The first-order valence-electron chi connectivity index (χ1n) is 4.93. The van der Waals surface area contributed by atoms with Gasteiger partial charge in [-0.1, -0.05) is 33.6 Å². The third-order valence-corrected chi connectivity index (χ3v) is 3.55. The van der Waals surface area contributed by atoms with Crippen molar-refractivity contribution in [2.45, 2.75) is 45.3 Å². The number of hydrogen-bond donors (Lipinski definition) is 1. The van der Waals surface area contributed by atoms with E-state index in [4.69, 9.17) is 5.11 Å². The van der Waals surface area contributed by atoms with Gasteiger partial charge in [0, 0.05) is 11.9 Å². The normalized spacial score (nSPS) is 16.0. The Bertz CT molecular complexity index is 83.8. The quantitative estimate of drug-likeness (QED) is 0.666. The largest absolute Gasteiger partial charge is 0.396 e. The lowest BCUT2D eigenvalue weighted by atomic mass is 10.1. The van der Waals surface area contributed by atoms with Crippen molar-refractivity contribution in [3.8, 4) is 0 Å². The summed E-state index contributed by atoms with van der Waals surface area (Å²) >= 11 is 1.99. The molecular weight excluding hydrogens is 168 g/mol. The standard InChI is InChI=1S/C10H22OS/c1-4-5-9(2)8-12-10(3)6-7-11/h9-11H,4-8H2,1-3H3. The van der Waals surface area contributed by atoms with E-state index in [2.05, 4.69) is 20.8 Å². The topological polar surface area (TPSA) is 20.2 Å². The van der Waals surface area contributed by atoms with E-state index in [9.17, 15) is 0 Å². The van der Waals surface area contributed by atoms with Crippen LogP contribution in [0.15, 0.2) is 0 Å². The number of aliphatic hydroxyl groups excluding tert-OH is 1. The third kappa shape index (κ3) is 6.99. The zero-order chi connectivity index (χ0) is 9.40. The van der Waals surface area contributed by atoms with Crippen LogP contribution in [0.1, 0.15) is 40.0 Å². The van der Waals surface area contributed by atoms with E-state index in [-0.39, 0.29) is 0 Å². The summed E-state index contributed by atoms with van der Waals surface area (Å²) in [7, 11) is 0. The van der Waals surface area contributed by atoms with Gasteiger partial charge in [-0.3, -0.25) is 0 Å². The first-order valence-corrected chi connectivity index (χ1v) is 5.98. The molecule has 0 aromatic rings. The Morgan fingerprint density at radius 2 is 1.92 bits per heavy atom. The fourth-order valence-electron chi connectivity index (χ4n) is 1.17. The highest BCUT2D eigenvalue weighted by Crippen LogP contribution is 2.19. The molecule has 12 heavy (non-hydrogen) atoms. The molecule has 0 aromatic heterocycles. The number of aliphatic hydroxyl groups is 1. The summed E-state index contributed by atoms with van der Waals surface area (Å²) in [5.41, 5.74) is 0. The van der Waals surface area contributed by atoms with Gasteiger partial charge in [0.1, 0.15) is 0 Å². The van der Waals surface area contributed by atoms with Crippen molar-refractivity contribution in [2.24, 2.45) is 5.92 Å². The van der Waals surface area contributed by atoms with E-state index in [0.29, 0.717) is 11.9 Å². The van der Waals surface area contributed by atoms with Gasteiger partial charge in [0.15, 0.2) is 0 Å². The van der Waals surface area contributed by atoms with Crippen LogP contribution in [0, 0.1) is 5.92 Å². The molecule has 0 radical (unpaired) electrons. The minimum Gasteiger partial charge on any atom is -0.396 e. The molecule has 0 heterocycles. The molecular formula is C10H22OS. The predicted octanol–water partition coefficient (Wildman–Crippen LogP) is 2.93. The summed E-state index contributed by atoms with van der Waals surface area (Å²) in [5.74, 6) is 2.08. The van der Waals surface area contributed by atoms with Crippen molar-refractivity contribution in [3.05, 3.63) is 0 Å². The minimum atomic E-state index is 0.330. The lowest BCUT2D eigenvalue weighted by Crippen LogP contribution is -2.05. The summed E-state index contributed by atoms with van der Waals surface area (Å²) in [6, 6.07) is 0. The van der Waals surface area contributed by atoms with Crippen molar-refractivity contribution in [3.63, 3.8) is 0 Å². The SMILES string of the molecule is CCCC(C)CSC(C)CCO. The molecule has 74 valence electrons. The zero-order valence-corrected chi connectivity index (χ0v) is 9.36. The fourth-order valence-corrected chi connectivity index (χ4v) is 2.27. The van der Waals surface area contributed by atoms with Crippen molar-refractivity contribution in [1.82, 2.24) is 0 Å². The molecule has 0 aliphatic carbocycles. The van der Waals surface area contributed by atoms with Gasteiger partial charge in [-0.15, -0.1) is 0 Å². The van der Waals surface area contributed by atoms with Gasteiger partial charge in [-0.25, -0.2) is 0 Å². The van der Waals surface area contributed by atoms with Gasteiger partial charge in [-0.05, 0) is 18.1 Å². The second-order valence-corrected chi connectivity index (χ2v) is 5.02. The van der Waals surface area contributed by atoms with Gasteiger partial charge in [0.25, 0.3) is 0 Å². The molecule has 0 aliphatic heterocycles. The van der Waals surface area contributed by atoms with E-state index in [1.165, 1.54) is 18.6 Å². The average molecular weight is 190 g/mol. The van der Waals surface area contributed by atoms with Crippen molar-refractivity contribution >= 4 is 11.8 Å². The summed E-state index contributed by atoms with van der Waals surface area (Å²) in [4.78, 5) is 0. The summed E-state index contributed by atoms with van der Waals surface area (Å²) < 4.78 is 0. The molecule has 0 saturated heterocycles. The average Bonchev–Trinajstić information content (AvgIpc) is 2.02. The van der Waals surface area contributed by atoms with Gasteiger partial charge < -0.3 is 5.11 Å². The molecule has 0 saturated carbocycles. The molecule has 0 fully saturated rings. The molecule has 0 amide bonds. The Balaban J connectivity index is 3.27.